The monoisotopic (exact) mass is 301 g/mol. The number of anilines is 2. The molecule has 0 spiro atoms. The molecule has 1 amide bonds. The maximum atomic E-state index is 11.4. The molecule has 1 saturated heterocycles. The van der Waals surface area contributed by atoms with Gasteiger partial charge >= 0.3 is 0 Å². The Morgan fingerprint density at radius 3 is 2.53 bits per heavy atom. The minimum atomic E-state index is 0.115. The first-order valence-corrected chi connectivity index (χ1v) is 6.99. The molecule has 1 aliphatic rings. The number of benzene rings is 1. The summed E-state index contributed by atoms with van der Waals surface area (Å²) in [5, 5.41) is 0.960. The number of halogens is 2. The van der Waals surface area contributed by atoms with Crippen molar-refractivity contribution in [3.05, 3.63) is 22.2 Å². The van der Waals surface area contributed by atoms with Crippen molar-refractivity contribution in [2.45, 2.75) is 13.3 Å². The van der Waals surface area contributed by atoms with Crippen LogP contribution < -0.4 is 10.6 Å². The van der Waals surface area contributed by atoms with E-state index in [0.29, 0.717) is 22.3 Å². The number of nitrogen functional groups attached to an aromatic ring is 1. The van der Waals surface area contributed by atoms with E-state index in [-0.39, 0.29) is 5.91 Å². The van der Waals surface area contributed by atoms with Crippen molar-refractivity contribution in [2.24, 2.45) is 0 Å². The van der Waals surface area contributed by atoms with Crippen LogP contribution >= 0.6 is 23.2 Å². The van der Waals surface area contributed by atoms with E-state index in [2.05, 4.69) is 4.90 Å². The third-order valence-electron chi connectivity index (χ3n) is 3.35. The molecule has 1 fully saturated rings. The fraction of sp³-hybridized carbons (Fsp3) is 0.462. The van der Waals surface area contributed by atoms with Crippen LogP contribution in [0.15, 0.2) is 12.1 Å². The van der Waals surface area contributed by atoms with Crippen LogP contribution in [0.1, 0.15) is 13.3 Å². The van der Waals surface area contributed by atoms with Gasteiger partial charge < -0.3 is 15.5 Å². The Morgan fingerprint density at radius 2 is 1.84 bits per heavy atom. The molecule has 0 radical (unpaired) electrons. The number of nitrogens with two attached hydrogens (primary N) is 1. The fourth-order valence-corrected chi connectivity index (χ4v) is 2.63. The number of amides is 1. The van der Waals surface area contributed by atoms with Gasteiger partial charge in [0.25, 0.3) is 0 Å². The molecule has 0 aliphatic carbocycles. The molecule has 6 heteroatoms. The first kappa shape index (κ1) is 14.3. The Kier molecular flexibility index (Phi) is 4.42. The summed E-state index contributed by atoms with van der Waals surface area (Å²) in [7, 11) is 0. The number of hydrogen-bond donors (Lipinski definition) is 1. The Morgan fingerprint density at radius 1 is 1.16 bits per heavy atom. The van der Waals surface area contributed by atoms with E-state index in [9.17, 15) is 4.79 Å². The first-order valence-electron chi connectivity index (χ1n) is 6.24. The Hall–Kier alpha value is -1.13. The molecular formula is C13H17Cl2N3O. The second-order valence-corrected chi connectivity index (χ2v) is 5.49. The third-order valence-corrected chi connectivity index (χ3v) is 4.07. The second-order valence-electron chi connectivity index (χ2n) is 4.67. The summed E-state index contributed by atoms with van der Waals surface area (Å²) in [5.41, 5.74) is 7.51. The summed E-state index contributed by atoms with van der Waals surface area (Å²) >= 11 is 12.0. The van der Waals surface area contributed by atoms with Gasteiger partial charge in [-0.1, -0.05) is 23.2 Å². The van der Waals surface area contributed by atoms with Gasteiger partial charge in [-0.05, 0) is 18.6 Å². The zero-order valence-corrected chi connectivity index (χ0v) is 12.3. The third kappa shape index (κ3) is 3.25. The van der Waals surface area contributed by atoms with E-state index < -0.39 is 0 Å². The summed E-state index contributed by atoms with van der Waals surface area (Å²) in [6.45, 7) is 4.69. The molecule has 0 bridgehead atoms. The predicted molar refractivity (Wildman–Crippen MR) is 80.0 cm³/mol. The number of carbonyl (C=O) groups excluding carboxylic acids is 1. The van der Waals surface area contributed by atoms with Crippen LogP contribution in [0.2, 0.25) is 10.0 Å². The quantitative estimate of drug-likeness (QED) is 0.811. The molecule has 1 aromatic carbocycles. The topological polar surface area (TPSA) is 49.6 Å². The normalized spacial score (nSPS) is 16.4. The largest absolute Gasteiger partial charge is 0.397 e. The summed E-state index contributed by atoms with van der Waals surface area (Å²) in [4.78, 5) is 15.4. The van der Waals surface area contributed by atoms with Crippen LogP contribution in [0.3, 0.4) is 0 Å². The first-order chi connectivity index (χ1) is 8.99. The molecule has 1 heterocycles. The molecule has 1 aliphatic heterocycles. The highest BCUT2D eigenvalue weighted by molar-refractivity contribution is 6.42. The lowest BCUT2D eigenvalue weighted by atomic mass is 10.2. The van der Waals surface area contributed by atoms with Crippen molar-refractivity contribution in [2.75, 3.05) is 36.8 Å². The van der Waals surface area contributed by atoms with Crippen molar-refractivity contribution in [1.82, 2.24) is 4.90 Å². The van der Waals surface area contributed by atoms with Crippen LogP contribution in [0, 0.1) is 0 Å². The Labute approximate surface area is 123 Å². The van der Waals surface area contributed by atoms with Gasteiger partial charge in [0.2, 0.25) is 5.91 Å². The average Bonchev–Trinajstić information content (AvgIpc) is 2.59. The van der Waals surface area contributed by atoms with Gasteiger partial charge in [0, 0.05) is 33.1 Å². The van der Waals surface area contributed by atoms with Crippen LogP contribution in [-0.2, 0) is 4.79 Å². The maximum absolute atomic E-state index is 11.4. The lowest BCUT2D eigenvalue weighted by Crippen LogP contribution is -2.33. The van der Waals surface area contributed by atoms with E-state index in [1.807, 2.05) is 4.90 Å². The Bertz CT molecular complexity index is 493. The Balaban J connectivity index is 2.18. The zero-order valence-electron chi connectivity index (χ0n) is 10.8. The van der Waals surface area contributed by atoms with Gasteiger partial charge in [0.15, 0.2) is 0 Å². The lowest BCUT2D eigenvalue weighted by molar-refractivity contribution is -0.128. The van der Waals surface area contributed by atoms with Crippen LogP contribution in [0.5, 0.6) is 0 Å². The van der Waals surface area contributed by atoms with Gasteiger partial charge in [-0.3, -0.25) is 4.79 Å². The highest BCUT2D eigenvalue weighted by Gasteiger charge is 2.19. The SMILES string of the molecule is CC(=O)N1CCCN(c2cc(Cl)c(Cl)cc2N)CC1. The minimum Gasteiger partial charge on any atom is -0.397 e. The molecule has 4 nitrogen and oxygen atoms in total. The van der Waals surface area contributed by atoms with Crippen molar-refractivity contribution < 1.29 is 4.79 Å². The molecule has 2 N–H and O–H groups in total. The van der Waals surface area contributed by atoms with E-state index in [1.165, 1.54) is 0 Å². The fourth-order valence-electron chi connectivity index (χ4n) is 2.30. The van der Waals surface area contributed by atoms with E-state index in [0.717, 1.165) is 31.7 Å². The van der Waals surface area contributed by atoms with Gasteiger partial charge in [0.05, 0.1) is 21.4 Å². The molecule has 0 aromatic heterocycles. The van der Waals surface area contributed by atoms with Crippen molar-refractivity contribution in [1.29, 1.82) is 0 Å². The highest BCUT2D eigenvalue weighted by atomic mass is 35.5. The number of carbonyl (C=O) groups is 1. The second kappa shape index (κ2) is 5.88. The summed E-state index contributed by atoms with van der Waals surface area (Å²) < 4.78 is 0. The molecule has 0 unspecified atom stereocenters. The number of hydrogen-bond acceptors (Lipinski definition) is 3. The van der Waals surface area contributed by atoms with Crippen molar-refractivity contribution in [3.63, 3.8) is 0 Å². The van der Waals surface area contributed by atoms with Gasteiger partial charge in [-0.2, -0.15) is 0 Å². The smallest absolute Gasteiger partial charge is 0.219 e. The van der Waals surface area contributed by atoms with Crippen molar-refractivity contribution in [3.8, 4) is 0 Å². The molecule has 1 aromatic rings. The number of nitrogens with zero attached hydrogens (tertiary/aromatic N) is 2. The molecule has 19 heavy (non-hydrogen) atoms. The molecule has 2 rings (SSSR count). The van der Waals surface area contributed by atoms with Crippen LogP contribution in [-0.4, -0.2) is 37.0 Å². The molecular weight excluding hydrogens is 285 g/mol. The van der Waals surface area contributed by atoms with Gasteiger partial charge in [-0.15, -0.1) is 0 Å². The minimum absolute atomic E-state index is 0.115. The molecule has 0 atom stereocenters. The lowest BCUT2D eigenvalue weighted by Gasteiger charge is -2.25. The standard InChI is InChI=1S/C13H17Cl2N3O/c1-9(19)17-3-2-4-18(6-5-17)13-8-11(15)10(14)7-12(13)16/h7-8H,2-6,16H2,1H3. The van der Waals surface area contributed by atoms with Gasteiger partial charge in [-0.25, -0.2) is 0 Å². The molecule has 0 saturated carbocycles. The summed E-state index contributed by atoms with van der Waals surface area (Å²) in [5.74, 6) is 0.115. The van der Waals surface area contributed by atoms with E-state index >= 15 is 0 Å². The highest BCUT2D eigenvalue weighted by Crippen LogP contribution is 2.33. The summed E-state index contributed by atoms with van der Waals surface area (Å²) in [6, 6.07) is 3.47. The predicted octanol–water partition coefficient (Wildman–Crippen LogP) is 2.63. The van der Waals surface area contributed by atoms with E-state index in [4.69, 9.17) is 28.9 Å². The summed E-state index contributed by atoms with van der Waals surface area (Å²) in [6.07, 6.45) is 0.916. The molecule has 104 valence electrons. The van der Waals surface area contributed by atoms with E-state index in [1.54, 1.807) is 19.1 Å². The maximum Gasteiger partial charge on any atom is 0.219 e. The van der Waals surface area contributed by atoms with Crippen LogP contribution in [0.25, 0.3) is 0 Å². The van der Waals surface area contributed by atoms with Gasteiger partial charge in [0.1, 0.15) is 0 Å². The zero-order chi connectivity index (χ0) is 14.0. The number of rotatable bonds is 1. The van der Waals surface area contributed by atoms with Crippen LogP contribution in [0.4, 0.5) is 11.4 Å². The average molecular weight is 302 g/mol. The van der Waals surface area contributed by atoms with Crippen molar-refractivity contribution >= 4 is 40.5 Å².